The molecule has 0 radical (unpaired) electrons. The lowest BCUT2D eigenvalue weighted by molar-refractivity contribution is -0.116. The molecule has 1 heterocycles. The number of nitrogens with one attached hydrogen (secondary N) is 1. The van der Waals surface area contributed by atoms with Crippen LogP contribution in [0, 0.1) is 25.5 Å². The maximum atomic E-state index is 13.5. The van der Waals surface area contributed by atoms with Gasteiger partial charge in [0.15, 0.2) is 0 Å². The Kier molecular flexibility index (Phi) is 5.26. The zero-order valence-electron chi connectivity index (χ0n) is 13.2. The molecular weight excluding hydrogens is 300 g/mol. The molecule has 0 atom stereocenters. The Morgan fingerprint density at radius 1 is 1.39 bits per heavy atom. The van der Waals surface area contributed by atoms with Crippen molar-refractivity contribution < 1.29 is 13.6 Å². The summed E-state index contributed by atoms with van der Waals surface area (Å²) in [7, 11) is 0. The first-order chi connectivity index (χ1) is 10.9. The summed E-state index contributed by atoms with van der Waals surface area (Å²) in [5.74, 6) is -1.79. The first-order valence-electron chi connectivity index (χ1n) is 7.31. The van der Waals surface area contributed by atoms with Gasteiger partial charge in [-0.2, -0.15) is 5.10 Å². The summed E-state index contributed by atoms with van der Waals surface area (Å²) in [6.07, 6.45) is 2.45. The number of rotatable bonds is 6. The molecule has 1 amide bonds. The fraction of sp³-hybridized carbons (Fsp3) is 0.294. The number of carbonyl (C=O) groups excluding carboxylic acids is 1. The van der Waals surface area contributed by atoms with Gasteiger partial charge in [-0.15, -0.1) is 6.58 Å². The number of allylic oxidation sites excluding steroid dienone is 1. The zero-order valence-corrected chi connectivity index (χ0v) is 13.2. The number of halogens is 2. The Hall–Kier alpha value is -2.50. The van der Waals surface area contributed by atoms with Crippen molar-refractivity contribution in [1.29, 1.82) is 0 Å². The van der Waals surface area contributed by atoms with Crippen LogP contribution in [0.3, 0.4) is 0 Å². The predicted octanol–water partition coefficient (Wildman–Crippen LogP) is 3.54. The predicted molar refractivity (Wildman–Crippen MR) is 85.2 cm³/mol. The van der Waals surface area contributed by atoms with Crippen LogP contribution in [0.2, 0.25) is 0 Å². The van der Waals surface area contributed by atoms with E-state index in [2.05, 4.69) is 17.0 Å². The van der Waals surface area contributed by atoms with E-state index in [1.54, 1.807) is 6.08 Å². The summed E-state index contributed by atoms with van der Waals surface area (Å²) in [6.45, 7) is 8.12. The summed E-state index contributed by atoms with van der Waals surface area (Å²) in [5.41, 5.74) is 2.84. The maximum absolute atomic E-state index is 13.5. The molecule has 23 heavy (non-hydrogen) atoms. The summed E-state index contributed by atoms with van der Waals surface area (Å²) in [6, 6.07) is 3.05. The number of anilines is 1. The highest BCUT2D eigenvalue weighted by molar-refractivity contribution is 5.90. The highest BCUT2D eigenvalue weighted by Crippen LogP contribution is 2.18. The summed E-state index contributed by atoms with van der Waals surface area (Å²) in [4.78, 5) is 12.0. The number of benzene rings is 1. The minimum absolute atomic E-state index is 0.0211. The number of aryl methyl sites for hydroxylation is 1. The second-order valence-electron chi connectivity index (χ2n) is 5.29. The van der Waals surface area contributed by atoms with Gasteiger partial charge in [0, 0.05) is 18.2 Å². The Labute approximate surface area is 133 Å². The topological polar surface area (TPSA) is 46.9 Å². The second kappa shape index (κ2) is 7.17. The highest BCUT2D eigenvalue weighted by Gasteiger charge is 2.13. The average molecular weight is 319 g/mol. The van der Waals surface area contributed by atoms with E-state index in [0.29, 0.717) is 13.0 Å². The van der Waals surface area contributed by atoms with Gasteiger partial charge >= 0.3 is 0 Å². The lowest BCUT2D eigenvalue weighted by Gasteiger charge is -2.07. The standard InChI is InChI=1S/C17H19F2N3O/c1-4-9-22-12(3)14(11(2)21-22)6-8-17(23)20-16-7-5-13(18)10-15(16)19/h4-5,7,10H,1,6,8-9H2,2-3H3,(H,20,23). The van der Waals surface area contributed by atoms with Gasteiger partial charge in [-0.25, -0.2) is 8.78 Å². The van der Waals surface area contributed by atoms with Gasteiger partial charge in [0.25, 0.3) is 0 Å². The van der Waals surface area contributed by atoms with E-state index < -0.39 is 11.6 Å². The molecular formula is C17H19F2N3O. The quantitative estimate of drug-likeness (QED) is 0.828. The van der Waals surface area contributed by atoms with Gasteiger partial charge < -0.3 is 5.32 Å². The van der Waals surface area contributed by atoms with Gasteiger partial charge in [0.2, 0.25) is 5.91 Å². The van der Waals surface area contributed by atoms with Crippen molar-refractivity contribution in [2.75, 3.05) is 5.32 Å². The monoisotopic (exact) mass is 319 g/mol. The summed E-state index contributed by atoms with van der Waals surface area (Å²) < 4.78 is 28.2. The van der Waals surface area contributed by atoms with Crippen molar-refractivity contribution in [3.05, 3.63) is 59.4 Å². The van der Waals surface area contributed by atoms with Crippen molar-refractivity contribution in [2.45, 2.75) is 33.2 Å². The molecule has 0 aliphatic carbocycles. The normalized spacial score (nSPS) is 10.6. The third-order valence-electron chi connectivity index (χ3n) is 3.64. The molecule has 0 saturated carbocycles. The molecule has 0 bridgehead atoms. The van der Waals surface area contributed by atoms with Crippen LogP contribution in [-0.2, 0) is 17.8 Å². The molecule has 4 nitrogen and oxygen atoms in total. The van der Waals surface area contributed by atoms with Crippen LogP contribution < -0.4 is 5.32 Å². The molecule has 0 fully saturated rings. The number of carbonyl (C=O) groups is 1. The average Bonchev–Trinajstić information content (AvgIpc) is 2.75. The summed E-state index contributed by atoms with van der Waals surface area (Å²) >= 11 is 0. The fourth-order valence-electron chi connectivity index (χ4n) is 2.44. The maximum Gasteiger partial charge on any atom is 0.224 e. The minimum Gasteiger partial charge on any atom is -0.324 e. The van der Waals surface area contributed by atoms with Crippen molar-refractivity contribution in [2.24, 2.45) is 0 Å². The minimum atomic E-state index is -0.787. The molecule has 0 unspecified atom stereocenters. The number of hydrogen-bond acceptors (Lipinski definition) is 2. The van der Waals surface area contributed by atoms with Crippen molar-refractivity contribution >= 4 is 11.6 Å². The lowest BCUT2D eigenvalue weighted by Crippen LogP contribution is -2.14. The van der Waals surface area contributed by atoms with E-state index in [9.17, 15) is 13.6 Å². The summed E-state index contributed by atoms with van der Waals surface area (Å²) in [5, 5.41) is 6.85. The van der Waals surface area contributed by atoms with Crippen LogP contribution >= 0.6 is 0 Å². The molecule has 1 N–H and O–H groups in total. The molecule has 0 aliphatic rings. The first-order valence-corrected chi connectivity index (χ1v) is 7.31. The molecule has 1 aromatic carbocycles. The molecule has 2 aromatic rings. The number of hydrogen-bond donors (Lipinski definition) is 1. The van der Waals surface area contributed by atoms with E-state index in [1.165, 1.54) is 6.07 Å². The molecule has 2 rings (SSSR count). The Morgan fingerprint density at radius 3 is 2.78 bits per heavy atom. The Morgan fingerprint density at radius 2 is 2.13 bits per heavy atom. The fourth-order valence-corrected chi connectivity index (χ4v) is 2.44. The molecule has 0 saturated heterocycles. The van der Waals surface area contributed by atoms with Gasteiger partial charge in [-0.05, 0) is 38.0 Å². The van der Waals surface area contributed by atoms with Gasteiger partial charge in [0.1, 0.15) is 11.6 Å². The zero-order chi connectivity index (χ0) is 17.0. The highest BCUT2D eigenvalue weighted by atomic mass is 19.1. The largest absolute Gasteiger partial charge is 0.324 e. The third kappa shape index (κ3) is 4.03. The van der Waals surface area contributed by atoms with E-state index in [0.717, 1.165) is 29.1 Å². The van der Waals surface area contributed by atoms with Crippen LogP contribution in [0.4, 0.5) is 14.5 Å². The molecule has 6 heteroatoms. The van der Waals surface area contributed by atoms with E-state index in [4.69, 9.17) is 0 Å². The Bertz CT molecular complexity index is 738. The Balaban J connectivity index is 2.00. The number of nitrogens with zero attached hydrogens (tertiary/aromatic N) is 2. The van der Waals surface area contributed by atoms with Crippen LogP contribution in [0.15, 0.2) is 30.9 Å². The SMILES string of the molecule is C=CCn1nc(C)c(CCC(=O)Nc2ccc(F)cc2F)c1C. The number of aromatic nitrogens is 2. The van der Waals surface area contributed by atoms with Gasteiger partial charge in [0.05, 0.1) is 17.9 Å². The van der Waals surface area contributed by atoms with Crippen molar-refractivity contribution in [1.82, 2.24) is 9.78 Å². The second-order valence-corrected chi connectivity index (χ2v) is 5.29. The van der Waals surface area contributed by atoms with Gasteiger partial charge in [-0.1, -0.05) is 6.08 Å². The molecule has 0 spiro atoms. The van der Waals surface area contributed by atoms with E-state index in [-0.39, 0.29) is 18.0 Å². The molecule has 1 aromatic heterocycles. The molecule has 122 valence electrons. The van der Waals surface area contributed by atoms with Crippen LogP contribution in [0.25, 0.3) is 0 Å². The van der Waals surface area contributed by atoms with Crippen LogP contribution in [0.1, 0.15) is 23.4 Å². The smallest absolute Gasteiger partial charge is 0.224 e. The molecule has 0 aliphatic heterocycles. The van der Waals surface area contributed by atoms with Crippen LogP contribution in [0.5, 0.6) is 0 Å². The van der Waals surface area contributed by atoms with E-state index in [1.807, 2.05) is 18.5 Å². The van der Waals surface area contributed by atoms with Gasteiger partial charge in [-0.3, -0.25) is 9.48 Å². The lowest BCUT2D eigenvalue weighted by atomic mass is 10.1. The third-order valence-corrected chi connectivity index (χ3v) is 3.64. The van der Waals surface area contributed by atoms with E-state index >= 15 is 0 Å². The first kappa shape index (κ1) is 16.9. The van der Waals surface area contributed by atoms with Crippen molar-refractivity contribution in [3.8, 4) is 0 Å². The number of amides is 1. The van der Waals surface area contributed by atoms with Crippen molar-refractivity contribution in [3.63, 3.8) is 0 Å². The van der Waals surface area contributed by atoms with Crippen LogP contribution in [-0.4, -0.2) is 15.7 Å².